The summed E-state index contributed by atoms with van der Waals surface area (Å²) in [7, 11) is 1.57. The molecule has 1 fully saturated rings. The Bertz CT molecular complexity index is 1090. The first-order valence-corrected chi connectivity index (χ1v) is 11.7. The fraction of sp³-hybridized carbons (Fsp3) is 0.520. The summed E-state index contributed by atoms with van der Waals surface area (Å²) in [6.45, 7) is 4.55. The summed E-state index contributed by atoms with van der Waals surface area (Å²) >= 11 is 0. The van der Waals surface area contributed by atoms with Crippen LogP contribution in [0.1, 0.15) is 50.0 Å². The van der Waals surface area contributed by atoms with Crippen LogP contribution in [0.25, 0.3) is 10.9 Å². The quantitative estimate of drug-likeness (QED) is 0.372. The number of nitrogens with two attached hydrogens (primary N) is 1. The first-order chi connectivity index (χ1) is 16.2. The summed E-state index contributed by atoms with van der Waals surface area (Å²) in [6, 6.07) is 7.62. The average Bonchev–Trinajstić information content (AvgIpc) is 3.43. The third kappa shape index (κ3) is 5.94. The van der Waals surface area contributed by atoms with Gasteiger partial charge in [-0.15, -0.1) is 0 Å². The maximum atomic E-state index is 13.2. The highest BCUT2D eigenvalue weighted by atomic mass is 16.5. The lowest BCUT2D eigenvalue weighted by Crippen LogP contribution is -2.50. The number of fused-ring (bicyclic) bond motifs is 1. The van der Waals surface area contributed by atoms with Gasteiger partial charge in [-0.25, -0.2) is 0 Å². The molecule has 1 saturated heterocycles. The van der Waals surface area contributed by atoms with Gasteiger partial charge in [-0.2, -0.15) is 5.26 Å². The molecule has 2 aromatic rings. The number of Topliss-reactive ketones (excluding diaryl/α,β-unsaturated/α-hetero) is 1. The third-order valence-electron chi connectivity index (χ3n) is 6.31. The Kier molecular flexibility index (Phi) is 8.29. The number of amides is 2. The summed E-state index contributed by atoms with van der Waals surface area (Å²) in [5.41, 5.74) is 7.15. The molecule has 1 aliphatic rings. The second kappa shape index (κ2) is 11.2. The standard InChI is InChI=1S/C25H33N5O4/c1-14(2)9-16(11-22(31)21-12-17-19(29-21)5-4-6-23(17)34-3)25(33)30-20(18(27)13-26)10-15-7-8-28-24(15)32/h4-6,12,14-16,18,20,29H,7-11,27H2,1-3H3,(H,28,32)(H,30,33)/t15?,16?,18?,20-/m0/s1. The number of aromatic amines is 1. The largest absolute Gasteiger partial charge is 0.496 e. The van der Waals surface area contributed by atoms with Crippen molar-refractivity contribution in [1.29, 1.82) is 5.26 Å². The predicted octanol–water partition coefficient (Wildman–Crippen LogP) is 2.27. The van der Waals surface area contributed by atoms with Gasteiger partial charge in [0, 0.05) is 35.7 Å². The van der Waals surface area contributed by atoms with Crippen molar-refractivity contribution < 1.29 is 19.1 Å². The van der Waals surface area contributed by atoms with E-state index in [4.69, 9.17) is 10.5 Å². The number of ether oxygens (including phenoxy) is 1. The van der Waals surface area contributed by atoms with E-state index in [0.717, 1.165) is 10.9 Å². The fourth-order valence-corrected chi connectivity index (χ4v) is 4.50. The molecular formula is C25H33N5O4. The maximum absolute atomic E-state index is 13.2. The van der Waals surface area contributed by atoms with E-state index in [1.54, 1.807) is 13.2 Å². The molecular weight excluding hydrogens is 434 g/mol. The van der Waals surface area contributed by atoms with Crippen molar-refractivity contribution in [1.82, 2.24) is 15.6 Å². The molecule has 4 atom stereocenters. The van der Waals surface area contributed by atoms with Gasteiger partial charge in [0.2, 0.25) is 11.8 Å². The number of rotatable bonds is 11. The first-order valence-electron chi connectivity index (χ1n) is 11.7. The van der Waals surface area contributed by atoms with Crippen molar-refractivity contribution in [2.75, 3.05) is 13.7 Å². The molecule has 3 unspecified atom stereocenters. The third-order valence-corrected chi connectivity index (χ3v) is 6.31. The Morgan fingerprint density at radius 2 is 2.12 bits per heavy atom. The molecule has 0 spiro atoms. The summed E-state index contributed by atoms with van der Waals surface area (Å²) in [4.78, 5) is 41.5. The van der Waals surface area contributed by atoms with Gasteiger partial charge in [0.05, 0.1) is 24.9 Å². The number of nitriles is 1. The lowest BCUT2D eigenvalue weighted by Gasteiger charge is -2.26. The Hall–Kier alpha value is -3.38. The van der Waals surface area contributed by atoms with Crippen molar-refractivity contribution in [3.8, 4) is 11.8 Å². The number of carbonyl (C=O) groups excluding carboxylic acids is 3. The maximum Gasteiger partial charge on any atom is 0.223 e. The molecule has 5 N–H and O–H groups in total. The SMILES string of the molecule is COc1cccc2[nH]c(C(=O)CC(CC(C)C)C(=O)N[C@@H](CC3CCNC3=O)C(N)C#N)cc12. The van der Waals surface area contributed by atoms with Crippen LogP contribution in [-0.2, 0) is 9.59 Å². The number of hydrogen-bond acceptors (Lipinski definition) is 6. The number of carbonyl (C=O) groups is 3. The summed E-state index contributed by atoms with van der Waals surface area (Å²) in [6.07, 6.45) is 1.44. The number of nitrogens with zero attached hydrogens (tertiary/aromatic N) is 1. The van der Waals surface area contributed by atoms with E-state index in [-0.39, 0.29) is 42.3 Å². The van der Waals surface area contributed by atoms with Crippen LogP contribution in [-0.4, -0.2) is 48.3 Å². The Morgan fingerprint density at radius 3 is 2.74 bits per heavy atom. The number of hydrogen-bond donors (Lipinski definition) is 4. The van der Waals surface area contributed by atoms with Crippen LogP contribution in [0.15, 0.2) is 24.3 Å². The molecule has 1 aromatic heterocycles. The second-order valence-corrected chi connectivity index (χ2v) is 9.34. The lowest BCUT2D eigenvalue weighted by atomic mass is 9.89. The van der Waals surface area contributed by atoms with E-state index >= 15 is 0 Å². The predicted molar refractivity (Wildman–Crippen MR) is 128 cm³/mol. The van der Waals surface area contributed by atoms with Gasteiger partial charge in [0.25, 0.3) is 0 Å². The van der Waals surface area contributed by atoms with Crippen LogP contribution in [0.2, 0.25) is 0 Å². The van der Waals surface area contributed by atoms with Crippen molar-refractivity contribution in [2.24, 2.45) is 23.5 Å². The van der Waals surface area contributed by atoms with Gasteiger partial charge in [0.1, 0.15) is 11.8 Å². The Morgan fingerprint density at radius 1 is 1.35 bits per heavy atom. The normalized spacial score (nSPS) is 18.2. The Labute approximate surface area is 199 Å². The molecule has 9 heteroatoms. The number of ketones is 1. The molecule has 0 radical (unpaired) electrons. The lowest BCUT2D eigenvalue weighted by molar-refractivity contribution is -0.127. The molecule has 0 bridgehead atoms. The Balaban J connectivity index is 1.75. The highest BCUT2D eigenvalue weighted by Crippen LogP contribution is 2.28. The van der Waals surface area contributed by atoms with Crippen LogP contribution < -0.4 is 21.1 Å². The van der Waals surface area contributed by atoms with E-state index in [1.165, 1.54) is 0 Å². The fourth-order valence-electron chi connectivity index (χ4n) is 4.50. The zero-order valence-electron chi connectivity index (χ0n) is 19.9. The van der Waals surface area contributed by atoms with Crippen molar-refractivity contribution in [3.05, 3.63) is 30.0 Å². The molecule has 2 heterocycles. The minimum Gasteiger partial charge on any atom is -0.496 e. The van der Waals surface area contributed by atoms with Gasteiger partial charge < -0.3 is 26.1 Å². The molecule has 1 aliphatic heterocycles. The zero-order valence-corrected chi connectivity index (χ0v) is 19.9. The summed E-state index contributed by atoms with van der Waals surface area (Å²) < 4.78 is 5.37. The van der Waals surface area contributed by atoms with Crippen LogP contribution in [0.4, 0.5) is 0 Å². The van der Waals surface area contributed by atoms with Gasteiger partial charge in [-0.05, 0) is 43.4 Å². The van der Waals surface area contributed by atoms with Gasteiger partial charge in [0.15, 0.2) is 5.78 Å². The summed E-state index contributed by atoms with van der Waals surface area (Å²) in [5.74, 6) is -0.654. The van der Waals surface area contributed by atoms with Crippen molar-refractivity contribution >= 4 is 28.5 Å². The van der Waals surface area contributed by atoms with E-state index in [9.17, 15) is 19.6 Å². The topological polar surface area (TPSA) is 150 Å². The van der Waals surface area contributed by atoms with E-state index in [2.05, 4.69) is 15.6 Å². The zero-order chi connectivity index (χ0) is 24.8. The molecule has 9 nitrogen and oxygen atoms in total. The van der Waals surface area contributed by atoms with Gasteiger partial charge in [-0.3, -0.25) is 14.4 Å². The van der Waals surface area contributed by atoms with Crippen molar-refractivity contribution in [2.45, 2.75) is 51.6 Å². The molecule has 182 valence electrons. The van der Waals surface area contributed by atoms with Gasteiger partial charge in [-0.1, -0.05) is 19.9 Å². The van der Waals surface area contributed by atoms with Crippen LogP contribution >= 0.6 is 0 Å². The van der Waals surface area contributed by atoms with E-state index < -0.39 is 18.0 Å². The molecule has 34 heavy (non-hydrogen) atoms. The van der Waals surface area contributed by atoms with Crippen LogP contribution in [0.5, 0.6) is 5.75 Å². The summed E-state index contributed by atoms with van der Waals surface area (Å²) in [5, 5.41) is 15.8. The number of methoxy groups -OCH3 is 1. The molecule has 0 saturated carbocycles. The second-order valence-electron chi connectivity index (χ2n) is 9.34. The van der Waals surface area contributed by atoms with Crippen LogP contribution in [0.3, 0.4) is 0 Å². The first kappa shape index (κ1) is 25.2. The highest BCUT2D eigenvalue weighted by Gasteiger charge is 2.33. The highest BCUT2D eigenvalue weighted by molar-refractivity contribution is 6.02. The minimum atomic E-state index is -0.950. The molecule has 1 aromatic carbocycles. The number of benzene rings is 1. The number of nitrogens with one attached hydrogen (secondary N) is 3. The smallest absolute Gasteiger partial charge is 0.223 e. The minimum absolute atomic E-state index is 0.0115. The van der Waals surface area contributed by atoms with Gasteiger partial charge >= 0.3 is 0 Å². The monoisotopic (exact) mass is 467 g/mol. The van der Waals surface area contributed by atoms with E-state index in [0.29, 0.717) is 30.8 Å². The molecule has 2 amide bonds. The molecule has 3 rings (SSSR count). The van der Waals surface area contributed by atoms with Crippen LogP contribution in [0, 0.1) is 29.1 Å². The number of H-pyrrole nitrogens is 1. The molecule has 0 aliphatic carbocycles. The van der Waals surface area contributed by atoms with E-state index in [1.807, 2.05) is 38.1 Å². The van der Waals surface area contributed by atoms with Crippen molar-refractivity contribution in [3.63, 3.8) is 0 Å². The average molecular weight is 468 g/mol. The number of aromatic nitrogens is 1.